The minimum atomic E-state index is -0.0315. The molecular formula is C18H29N3O3. The Morgan fingerprint density at radius 1 is 1.38 bits per heavy atom. The molecule has 0 spiro atoms. The van der Waals surface area contributed by atoms with Gasteiger partial charge in [-0.15, -0.1) is 0 Å². The normalized spacial score (nSPS) is 26.1. The summed E-state index contributed by atoms with van der Waals surface area (Å²) in [4.78, 5) is 17.0. The van der Waals surface area contributed by atoms with Crippen molar-refractivity contribution in [3.05, 3.63) is 24.2 Å². The van der Waals surface area contributed by atoms with Crippen LogP contribution in [0.4, 0.5) is 4.79 Å². The zero-order valence-corrected chi connectivity index (χ0v) is 14.9. The number of nitrogens with one attached hydrogen (secondary N) is 1. The van der Waals surface area contributed by atoms with Gasteiger partial charge in [-0.3, -0.25) is 4.90 Å². The summed E-state index contributed by atoms with van der Waals surface area (Å²) in [6, 6.07) is 4.12. The molecule has 0 bridgehead atoms. The van der Waals surface area contributed by atoms with E-state index in [9.17, 15) is 4.79 Å². The number of furan rings is 1. The lowest BCUT2D eigenvalue weighted by molar-refractivity contribution is -0.0673. The Labute approximate surface area is 144 Å². The van der Waals surface area contributed by atoms with Gasteiger partial charge in [0.1, 0.15) is 5.76 Å². The van der Waals surface area contributed by atoms with Crippen LogP contribution in [-0.4, -0.2) is 60.3 Å². The van der Waals surface area contributed by atoms with Crippen LogP contribution in [0.3, 0.4) is 0 Å². The van der Waals surface area contributed by atoms with Crippen LogP contribution in [0.2, 0.25) is 0 Å². The van der Waals surface area contributed by atoms with E-state index >= 15 is 0 Å². The summed E-state index contributed by atoms with van der Waals surface area (Å²) in [5.41, 5.74) is 0. The highest BCUT2D eigenvalue weighted by Gasteiger charge is 2.37. The lowest BCUT2D eigenvalue weighted by Gasteiger charge is -2.35. The van der Waals surface area contributed by atoms with Gasteiger partial charge in [0.05, 0.1) is 24.5 Å². The minimum absolute atomic E-state index is 0.00996. The van der Waals surface area contributed by atoms with Gasteiger partial charge in [-0.25, -0.2) is 4.79 Å². The van der Waals surface area contributed by atoms with Crippen molar-refractivity contribution in [2.45, 2.75) is 57.9 Å². The van der Waals surface area contributed by atoms with E-state index in [4.69, 9.17) is 9.15 Å². The Morgan fingerprint density at radius 3 is 2.67 bits per heavy atom. The fourth-order valence-electron chi connectivity index (χ4n) is 3.56. The first-order chi connectivity index (χ1) is 11.5. The molecular weight excluding hydrogens is 306 g/mol. The van der Waals surface area contributed by atoms with Crippen LogP contribution in [0.1, 0.15) is 45.4 Å². The van der Waals surface area contributed by atoms with E-state index in [1.54, 1.807) is 6.26 Å². The maximum absolute atomic E-state index is 12.7. The second-order valence-electron chi connectivity index (χ2n) is 7.08. The molecule has 0 unspecified atom stereocenters. The highest BCUT2D eigenvalue weighted by Crippen LogP contribution is 2.34. The topological polar surface area (TPSA) is 58.0 Å². The van der Waals surface area contributed by atoms with Gasteiger partial charge in [-0.1, -0.05) is 0 Å². The first-order valence-corrected chi connectivity index (χ1v) is 9.02. The first-order valence-electron chi connectivity index (χ1n) is 9.02. The molecule has 2 fully saturated rings. The highest BCUT2D eigenvalue weighted by molar-refractivity contribution is 5.75. The van der Waals surface area contributed by atoms with Crippen LogP contribution in [0, 0.1) is 0 Å². The summed E-state index contributed by atoms with van der Waals surface area (Å²) in [6.07, 6.45) is 4.33. The Balaban J connectivity index is 1.49. The number of ether oxygens (including phenoxy) is 1. The van der Waals surface area contributed by atoms with Crippen molar-refractivity contribution >= 4 is 6.03 Å². The molecule has 3 atom stereocenters. The highest BCUT2D eigenvalue weighted by atomic mass is 16.5. The van der Waals surface area contributed by atoms with Crippen LogP contribution < -0.4 is 5.32 Å². The summed E-state index contributed by atoms with van der Waals surface area (Å²) in [6.45, 7) is 9.60. The van der Waals surface area contributed by atoms with E-state index in [0.29, 0.717) is 12.6 Å². The zero-order valence-electron chi connectivity index (χ0n) is 14.9. The Morgan fingerprint density at radius 2 is 2.08 bits per heavy atom. The molecule has 24 heavy (non-hydrogen) atoms. The molecule has 2 amide bonds. The van der Waals surface area contributed by atoms with Crippen molar-refractivity contribution in [2.24, 2.45) is 0 Å². The molecule has 1 saturated heterocycles. The quantitative estimate of drug-likeness (QED) is 0.868. The Hall–Kier alpha value is -1.53. The van der Waals surface area contributed by atoms with Crippen LogP contribution in [0.5, 0.6) is 0 Å². The van der Waals surface area contributed by atoms with Crippen molar-refractivity contribution in [2.75, 3.05) is 26.2 Å². The molecule has 1 aromatic heterocycles. The van der Waals surface area contributed by atoms with Crippen LogP contribution in [0.15, 0.2) is 22.8 Å². The molecule has 1 aliphatic heterocycles. The molecule has 3 rings (SSSR count). The number of nitrogens with zero attached hydrogens (tertiary/aromatic N) is 2. The van der Waals surface area contributed by atoms with Gasteiger partial charge in [0.15, 0.2) is 0 Å². The summed E-state index contributed by atoms with van der Waals surface area (Å²) >= 11 is 0. The molecule has 0 aromatic carbocycles. The second kappa shape index (κ2) is 7.57. The number of hydrogen-bond acceptors (Lipinski definition) is 4. The summed E-state index contributed by atoms with van der Waals surface area (Å²) in [7, 11) is 0. The van der Waals surface area contributed by atoms with Crippen LogP contribution in [-0.2, 0) is 4.74 Å². The van der Waals surface area contributed by atoms with E-state index in [-0.39, 0.29) is 24.3 Å². The van der Waals surface area contributed by atoms with Crippen LogP contribution in [0.25, 0.3) is 0 Å². The maximum atomic E-state index is 12.7. The zero-order chi connectivity index (χ0) is 17.1. The largest absolute Gasteiger partial charge is 0.467 e. The molecule has 134 valence electrons. The predicted octanol–water partition coefficient (Wildman–Crippen LogP) is 2.62. The van der Waals surface area contributed by atoms with E-state index in [2.05, 4.69) is 24.1 Å². The van der Waals surface area contributed by atoms with Gasteiger partial charge in [0, 0.05) is 32.2 Å². The molecule has 2 heterocycles. The summed E-state index contributed by atoms with van der Waals surface area (Å²) < 4.78 is 11.2. The number of amides is 2. The molecule has 6 heteroatoms. The number of morpholine rings is 1. The molecule has 1 aromatic rings. The fourth-order valence-corrected chi connectivity index (χ4v) is 3.56. The van der Waals surface area contributed by atoms with E-state index in [1.165, 1.54) is 0 Å². The third kappa shape index (κ3) is 4.30. The molecule has 1 saturated carbocycles. The number of carbonyl (C=O) groups is 1. The lowest BCUT2D eigenvalue weighted by Crippen LogP contribution is -2.49. The standard InChI is InChI=1S/C18H29N3O3/c1-13-11-20(12-14(2)24-13)9-8-19-18(22)21(16-6-7-16)15(3)17-5-4-10-23-17/h4-5,10,13-16H,6-9,11-12H2,1-3H3,(H,19,22)/t13-,14+,15-/m1/s1. The second-order valence-corrected chi connectivity index (χ2v) is 7.08. The predicted molar refractivity (Wildman–Crippen MR) is 91.8 cm³/mol. The van der Waals surface area contributed by atoms with Crippen molar-refractivity contribution < 1.29 is 13.9 Å². The maximum Gasteiger partial charge on any atom is 0.318 e. The van der Waals surface area contributed by atoms with E-state index in [0.717, 1.165) is 38.2 Å². The van der Waals surface area contributed by atoms with Crippen LogP contribution >= 0.6 is 0 Å². The van der Waals surface area contributed by atoms with Crippen molar-refractivity contribution in [3.63, 3.8) is 0 Å². The van der Waals surface area contributed by atoms with Crippen molar-refractivity contribution in [1.82, 2.24) is 15.1 Å². The van der Waals surface area contributed by atoms with Gasteiger partial charge in [0.25, 0.3) is 0 Å². The third-order valence-corrected chi connectivity index (χ3v) is 4.75. The fraction of sp³-hybridized carbons (Fsp3) is 0.722. The number of rotatable bonds is 6. The molecule has 6 nitrogen and oxygen atoms in total. The average molecular weight is 335 g/mol. The van der Waals surface area contributed by atoms with Gasteiger partial charge in [-0.2, -0.15) is 0 Å². The monoisotopic (exact) mass is 335 g/mol. The first kappa shape index (κ1) is 17.3. The van der Waals surface area contributed by atoms with E-state index < -0.39 is 0 Å². The molecule has 1 aliphatic carbocycles. The Kier molecular flexibility index (Phi) is 5.46. The summed E-state index contributed by atoms with van der Waals surface area (Å²) in [5, 5.41) is 3.09. The summed E-state index contributed by atoms with van der Waals surface area (Å²) in [5.74, 6) is 0.841. The average Bonchev–Trinajstić information content (AvgIpc) is 3.18. The Bertz CT molecular complexity index is 520. The smallest absolute Gasteiger partial charge is 0.318 e. The van der Waals surface area contributed by atoms with Gasteiger partial charge in [-0.05, 0) is 45.7 Å². The van der Waals surface area contributed by atoms with Crippen molar-refractivity contribution in [1.29, 1.82) is 0 Å². The molecule has 0 radical (unpaired) electrons. The van der Waals surface area contributed by atoms with Crippen molar-refractivity contribution in [3.8, 4) is 0 Å². The van der Waals surface area contributed by atoms with Gasteiger partial charge in [0.2, 0.25) is 0 Å². The lowest BCUT2D eigenvalue weighted by atomic mass is 10.2. The third-order valence-electron chi connectivity index (χ3n) is 4.75. The number of urea groups is 1. The number of hydrogen-bond donors (Lipinski definition) is 1. The SMILES string of the molecule is C[C@@H]1CN(CCNC(=O)N(C2CC2)[C@H](C)c2ccco2)C[C@H](C)O1. The minimum Gasteiger partial charge on any atom is -0.467 e. The van der Waals surface area contributed by atoms with E-state index in [1.807, 2.05) is 24.0 Å². The number of carbonyl (C=O) groups excluding carboxylic acids is 1. The van der Waals surface area contributed by atoms with Gasteiger partial charge < -0.3 is 19.4 Å². The van der Waals surface area contributed by atoms with Gasteiger partial charge >= 0.3 is 6.03 Å². The molecule has 1 N–H and O–H groups in total. The molecule has 2 aliphatic rings.